The first-order valence-corrected chi connectivity index (χ1v) is 8.59. The molecule has 0 spiro atoms. The Bertz CT molecular complexity index is 919. The highest BCUT2D eigenvalue weighted by Crippen LogP contribution is 2.24. The zero-order valence-corrected chi connectivity index (χ0v) is 14.2. The van der Waals surface area contributed by atoms with Crippen molar-refractivity contribution in [2.75, 3.05) is 6.54 Å². The minimum absolute atomic E-state index is 0.344. The monoisotopic (exact) mass is 342 g/mol. The zero-order chi connectivity index (χ0) is 17.6. The van der Waals surface area contributed by atoms with Crippen molar-refractivity contribution in [2.24, 2.45) is 4.99 Å². The maximum absolute atomic E-state index is 5.64. The molecule has 0 amide bonds. The molecular weight excluding hydrogens is 324 g/mol. The van der Waals surface area contributed by atoms with E-state index < -0.39 is 0 Å². The first-order chi connectivity index (χ1) is 12.9. The normalized spacial score (nSPS) is 15.5. The third kappa shape index (κ3) is 3.83. The molecule has 0 bridgehead atoms. The number of allylic oxidation sites excluding steroid dienone is 1. The molecule has 1 aromatic carbocycles. The topological polar surface area (TPSA) is 60.3 Å². The van der Waals surface area contributed by atoms with Gasteiger partial charge in [0.15, 0.2) is 0 Å². The lowest BCUT2D eigenvalue weighted by atomic mass is 9.95. The van der Waals surface area contributed by atoms with Gasteiger partial charge in [0, 0.05) is 36.9 Å². The van der Waals surface area contributed by atoms with Crippen molar-refractivity contribution in [1.29, 1.82) is 0 Å². The fraction of sp³-hybridized carbons (Fsp3) is 0.143. The van der Waals surface area contributed by atoms with E-state index in [4.69, 9.17) is 9.73 Å². The average molecular weight is 342 g/mol. The fourth-order valence-corrected chi connectivity index (χ4v) is 2.88. The quantitative estimate of drug-likeness (QED) is 0.708. The maximum Gasteiger partial charge on any atom is 0.321 e. The van der Waals surface area contributed by atoms with Crippen molar-refractivity contribution in [3.63, 3.8) is 0 Å². The second-order valence-electron chi connectivity index (χ2n) is 5.95. The predicted molar refractivity (Wildman–Crippen MR) is 101 cm³/mol. The molecule has 128 valence electrons. The summed E-state index contributed by atoms with van der Waals surface area (Å²) in [6, 6.07) is 14.0. The summed E-state index contributed by atoms with van der Waals surface area (Å²) in [6.07, 6.45) is 11.2. The molecule has 0 atom stereocenters. The lowest BCUT2D eigenvalue weighted by Crippen LogP contribution is -2.11. The van der Waals surface area contributed by atoms with Gasteiger partial charge in [-0.2, -0.15) is 0 Å². The minimum Gasteiger partial charge on any atom is -0.424 e. The third-order valence-corrected chi connectivity index (χ3v) is 4.09. The average Bonchev–Trinajstić information content (AvgIpc) is 2.71. The Hall–Kier alpha value is -3.34. The summed E-state index contributed by atoms with van der Waals surface area (Å²) in [5, 5.41) is 0. The number of benzene rings is 1. The van der Waals surface area contributed by atoms with Crippen molar-refractivity contribution in [2.45, 2.75) is 12.8 Å². The van der Waals surface area contributed by atoms with E-state index in [0.717, 1.165) is 36.2 Å². The number of hydrogen-bond donors (Lipinski definition) is 0. The van der Waals surface area contributed by atoms with Gasteiger partial charge in [-0.05, 0) is 60.4 Å². The molecule has 1 aliphatic rings. The molecule has 3 aromatic rings. The van der Waals surface area contributed by atoms with Crippen molar-refractivity contribution in [3.8, 4) is 11.8 Å². The van der Waals surface area contributed by atoms with E-state index in [-0.39, 0.29) is 0 Å². The molecule has 3 heterocycles. The smallest absolute Gasteiger partial charge is 0.321 e. The number of aromatic nitrogens is 3. The molecule has 0 radical (unpaired) electrons. The van der Waals surface area contributed by atoms with Crippen molar-refractivity contribution in [3.05, 3.63) is 84.0 Å². The van der Waals surface area contributed by atoms with Crippen LogP contribution in [0.2, 0.25) is 0 Å². The molecule has 0 N–H and O–H groups in total. The molecule has 0 fully saturated rings. The zero-order valence-electron chi connectivity index (χ0n) is 14.2. The molecule has 26 heavy (non-hydrogen) atoms. The van der Waals surface area contributed by atoms with E-state index >= 15 is 0 Å². The van der Waals surface area contributed by atoms with Gasteiger partial charge in [-0.3, -0.25) is 9.98 Å². The van der Waals surface area contributed by atoms with Crippen LogP contribution in [0, 0.1) is 0 Å². The Labute approximate surface area is 152 Å². The molecule has 0 saturated carbocycles. The number of pyridine rings is 1. The van der Waals surface area contributed by atoms with Crippen LogP contribution in [-0.4, -0.2) is 27.2 Å². The Morgan fingerprint density at radius 1 is 0.923 bits per heavy atom. The first-order valence-electron chi connectivity index (χ1n) is 8.59. The van der Waals surface area contributed by atoms with Gasteiger partial charge < -0.3 is 4.74 Å². The van der Waals surface area contributed by atoms with Crippen LogP contribution < -0.4 is 4.74 Å². The van der Waals surface area contributed by atoms with Crippen LogP contribution in [0.4, 0.5) is 0 Å². The van der Waals surface area contributed by atoms with Gasteiger partial charge in [-0.25, -0.2) is 9.97 Å². The number of hydrogen-bond acceptors (Lipinski definition) is 5. The highest BCUT2D eigenvalue weighted by molar-refractivity contribution is 6.15. The molecule has 0 saturated heterocycles. The number of aliphatic imine (C=N–C) groups is 1. The van der Waals surface area contributed by atoms with Crippen LogP contribution in [0.1, 0.15) is 24.0 Å². The van der Waals surface area contributed by atoms with Crippen LogP contribution >= 0.6 is 0 Å². The summed E-state index contributed by atoms with van der Waals surface area (Å²) >= 11 is 0. The lowest BCUT2D eigenvalue weighted by Gasteiger charge is -2.16. The van der Waals surface area contributed by atoms with Gasteiger partial charge in [0.1, 0.15) is 5.75 Å². The Kier molecular flexibility index (Phi) is 4.78. The second-order valence-corrected chi connectivity index (χ2v) is 5.95. The standard InChI is InChI=1S/C21H18N4O/c1-5-18(15-22-10-1)20-17(4-2-11-23-20)14-16-6-8-19(9-7-16)26-21-24-12-3-13-25-21/h1,3,5-10,12-15H,2,4,11H2. The van der Waals surface area contributed by atoms with Crippen LogP contribution in [0.25, 0.3) is 6.08 Å². The van der Waals surface area contributed by atoms with E-state index in [1.807, 2.05) is 36.5 Å². The number of rotatable bonds is 4. The van der Waals surface area contributed by atoms with Crippen LogP contribution in [-0.2, 0) is 0 Å². The van der Waals surface area contributed by atoms with Gasteiger partial charge in [0.25, 0.3) is 0 Å². The predicted octanol–water partition coefficient (Wildman–Crippen LogP) is 4.33. The van der Waals surface area contributed by atoms with Gasteiger partial charge in [0.2, 0.25) is 0 Å². The van der Waals surface area contributed by atoms with Gasteiger partial charge in [-0.15, -0.1) is 0 Å². The second kappa shape index (κ2) is 7.70. The highest BCUT2D eigenvalue weighted by atomic mass is 16.5. The Balaban J connectivity index is 1.55. The molecule has 0 unspecified atom stereocenters. The van der Waals surface area contributed by atoms with E-state index in [9.17, 15) is 0 Å². The molecule has 4 rings (SSSR count). The maximum atomic E-state index is 5.64. The lowest BCUT2D eigenvalue weighted by molar-refractivity contribution is 0.442. The molecule has 2 aromatic heterocycles. The van der Waals surface area contributed by atoms with Crippen molar-refractivity contribution >= 4 is 11.8 Å². The summed E-state index contributed by atoms with van der Waals surface area (Å²) < 4.78 is 5.64. The first kappa shape index (κ1) is 16.1. The largest absolute Gasteiger partial charge is 0.424 e. The van der Waals surface area contributed by atoms with Crippen LogP contribution in [0.15, 0.2) is 77.8 Å². The Morgan fingerprint density at radius 3 is 2.54 bits per heavy atom. The SMILES string of the molecule is C(=C1CCCN=C1c1cccnc1)c1ccc(Oc2ncccn2)cc1. The number of nitrogens with zero attached hydrogens (tertiary/aromatic N) is 4. The summed E-state index contributed by atoms with van der Waals surface area (Å²) in [7, 11) is 0. The molecule has 5 nitrogen and oxygen atoms in total. The van der Waals surface area contributed by atoms with E-state index in [1.165, 1.54) is 5.57 Å². The molecule has 1 aliphatic heterocycles. The summed E-state index contributed by atoms with van der Waals surface area (Å²) in [6.45, 7) is 0.866. The van der Waals surface area contributed by atoms with Crippen LogP contribution in [0.5, 0.6) is 11.8 Å². The third-order valence-electron chi connectivity index (χ3n) is 4.09. The van der Waals surface area contributed by atoms with Gasteiger partial charge in [-0.1, -0.05) is 12.1 Å². The van der Waals surface area contributed by atoms with E-state index in [0.29, 0.717) is 11.8 Å². The van der Waals surface area contributed by atoms with Crippen LogP contribution in [0.3, 0.4) is 0 Å². The van der Waals surface area contributed by atoms with Gasteiger partial charge in [0.05, 0.1) is 5.71 Å². The Morgan fingerprint density at radius 2 is 1.77 bits per heavy atom. The summed E-state index contributed by atoms with van der Waals surface area (Å²) in [5.41, 5.74) is 4.46. The van der Waals surface area contributed by atoms with Crippen molar-refractivity contribution < 1.29 is 4.74 Å². The number of ether oxygens (including phenoxy) is 1. The van der Waals surface area contributed by atoms with E-state index in [2.05, 4.69) is 27.1 Å². The van der Waals surface area contributed by atoms with E-state index in [1.54, 1.807) is 24.7 Å². The molecular formula is C21H18N4O. The molecule has 0 aliphatic carbocycles. The minimum atomic E-state index is 0.344. The molecule has 5 heteroatoms. The highest BCUT2D eigenvalue weighted by Gasteiger charge is 2.14. The summed E-state index contributed by atoms with van der Waals surface area (Å²) in [4.78, 5) is 17.1. The van der Waals surface area contributed by atoms with Gasteiger partial charge >= 0.3 is 6.01 Å². The summed E-state index contributed by atoms with van der Waals surface area (Å²) in [5.74, 6) is 0.711. The fourth-order valence-electron chi connectivity index (χ4n) is 2.88. The van der Waals surface area contributed by atoms with Crippen molar-refractivity contribution in [1.82, 2.24) is 15.0 Å².